The summed E-state index contributed by atoms with van der Waals surface area (Å²) in [6.45, 7) is 2.08. The Kier molecular flexibility index (Phi) is 4.04. The second kappa shape index (κ2) is 5.73. The van der Waals surface area contributed by atoms with Crippen LogP contribution >= 0.6 is 0 Å². The molecule has 1 atom stereocenters. The van der Waals surface area contributed by atoms with Crippen molar-refractivity contribution in [2.24, 2.45) is 5.73 Å². The number of nitrogens with zero attached hydrogens (tertiary/aromatic N) is 2. The van der Waals surface area contributed by atoms with Gasteiger partial charge >= 0.3 is 0 Å². The molecular formula is C13H16FN3O. The van der Waals surface area contributed by atoms with Crippen LogP contribution in [0.1, 0.15) is 25.7 Å². The van der Waals surface area contributed by atoms with Crippen molar-refractivity contribution in [1.29, 1.82) is 0 Å². The third-order valence-corrected chi connectivity index (χ3v) is 2.65. The minimum Gasteiger partial charge on any atom is -0.339 e. The smallest absolute Gasteiger partial charge is 0.228 e. The molecule has 2 aromatic rings. The zero-order chi connectivity index (χ0) is 13.0. The van der Waals surface area contributed by atoms with E-state index in [9.17, 15) is 4.39 Å². The van der Waals surface area contributed by atoms with Gasteiger partial charge in [0.25, 0.3) is 0 Å². The highest BCUT2D eigenvalue weighted by Gasteiger charge is 2.12. The average Bonchev–Trinajstić information content (AvgIpc) is 2.78. The Labute approximate surface area is 105 Å². The van der Waals surface area contributed by atoms with Gasteiger partial charge in [0, 0.05) is 18.0 Å². The minimum atomic E-state index is -0.318. The second-order valence-electron chi connectivity index (χ2n) is 4.27. The van der Waals surface area contributed by atoms with E-state index in [2.05, 4.69) is 17.1 Å². The molecule has 5 heteroatoms. The molecule has 0 saturated heterocycles. The van der Waals surface area contributed by atoms with E-state index in [-0.39, 0.29) is 11.9 Å². The lowest BCUT2D eigenvalue weighted by Crippen LogP contribution is -2.22. The Morgan fingerprint density at radius 3 is 3.00 bits per heavy atom. The fraction of sp³-hybridized carbons (Fsp3) is 0.385. The van der Waals surface area contributed by atoms with Crippen LogP contribution < -0.4 is 5.73 Å². The third-order valence-electron chi connectivity index (χ3n) is 2.65. The second-order valence-corrected chi connectivity index (χ2v) is 4.27. The monoisotopic (exact) mass is 249 g/mol. The maximum Gasteiger partial charge on any atom is 0.228 e. The molecule has 1 heterocycles. The van der Waals surface area contributed by atoms with Gasteiger partial charge in [-0.15, -0.1) is 0 Å². The SMILES string of the molecule is CCCC(N)Cc1nc(-c2cccc(F)c2)no1. The maximum absolute atomic E-state index is 13.1. The van der Waals surface area contributed by atoms with Gasteiger partial charge in [-0.05, 0) is 18.6 Å². The van der Waals surface area contributed by atoms with E-state index in [0.717, 1.165) is 12.8 Å². The fourth-order valence-corrected chi connectivity index (χ4v) is 1.78. The molecule has 0 spiro atoms. The molecule has 18 heavy (non-hydrogen) atoms. The van der Waals surface area contributed by atoms with Crippen molar-refractivity contribution in [2.75, 3.05) is 0 Å². The van der Waals surface area contributed by atoms with Crippen molar-refractivity contribution in [3.63, 3.8) is 0 Å². The summed E-state index contributed by atoms with van der Waals surface area (Å²) >= 11 is 0. The lowest BCUT2D eigenvalue weighted by molar-refractivity contribution is 0.366. The first kappa shape index (κ1) is 12.7. The highest BCUT2D eigenvalue weighted by atomic mass is 19.1. The van der Waals surface area contributed by atoms with E-state index in [0.29, 0.717) is 23.7 Å². The number of hydrogen-bond donors (Lipinski definition) is 1. The summed E-state index contributed by atoms with van der Waals surface area (Å²) in [6, 6.07) is 6.13. The van der Waals surface area contributed by atoms with Gasteiger partial charge in [0.1, 0.15) is 5.82 Å². The Bertz CT molecular complexity index is 512. The molecule has 0 radical (unpaired) electrons. The molecule has 1 aromatic heterocycles. The van der Waals surface area contributed by atoms with Crippen LogP contribution in [0.3, 0.4) is 0 Å². The number of hydrogen-bond acceptors (Lipinski definition) is 4. The van der Waals surface area contributed by atoms with Crippen molar-refractivity contribution in [3.05, 3.63) is 36.0 Å². The van der Waals surface area contributed by atoms with E-state index >= 15 is 0 Å². The molecule has 2 N–H and O–H groups in total. The van der Waals surface area contributed by atoms with E-state index in [1.54, 1.807) is 12.1 Å². The van der Waals surface area contributed by atoms with Gasteiger partial charge in [-0.1, -0.05) is 30.6 Å². The van der Waals surface area contributed by atoms with Crippen LogP contribution in [0.5, 0.6) is 0 Å². The van der Waals surface area contributed by atoms with Gasteiger partial charge in [0.2, 0.25) is 11.7 Å². The summed E-state index contributed by atoms with van der Waals surface area (Å²) in [4.78, 5) is 4.22. The van der Waals surface area contributed by atoms with Crippen LogP contribution in [0.25, 0.3) is 11.4 Å². The molecule has 0 bridgehead atoms. The predicted octanol–water partition coefficient (Wildman–Crippen LogP) is 2.55. The van der Waals surface area contributed by atoms with Gasteiger partial charge in [0.05, 0.1) is 0 Å². The lowest BCUT2D eigenvalue weighted by Gasteiger charge is -2.05. The normalized spacial score (nSPS) is 12.6. The van der Waals surface area contributed by atoms with Gasteiger partial charge in [-0.25, -0.2) is 4.39 Å². The summed E-state index contributed by atoms with van der Waals surface area (Å²) in [5, 5.41) is 3.83. The van der Waals surface area contributed by atoms with Crippen LogP contribution in [-0.2, 0) is 6.42 Å². The molecule has 0 aliphatic carbocycles. The van der Waals surface area contributed by atoms with Crippen molar-refractivity contribution < 1.29 is 8.91 Å². The third kappa shape index (κ3) is 3.13. The molecule has 0 saturated carbocycles. The summed E-state index contributed by atoms with van der Waals surface area (Å²) in [6.07, 6.45) is 2.49. The quantitative estimate of drug-likeness (QED) is 0.884. The Balaban J connectivity index is 2.10. The molecule has 0 fully saturated rings. The number of nitrogens with two attached hydrogens (primary N) is 1. The van der Waals surface area contributed by atoms with Gasteiger partial charge < -0.3 is 10.3 Å². The Morgan fingerprint density at radius 2 is 2.28 bits per heavy atom. The van der Waals surface area contributed by atoms with Crippen LogP contribution in [0.15, 0.2) is 28.8 Å². The largest absolute Gasteiger partial charge is 0.339 e. The molecule has 0 aliphatic heterocycles. The first-order valence-electron chi connectivity index (χ1n) is 6.03. The lowest BCUT2D eigenvalue weighted by atomic mass is 10.1. The van der Waals surface area contributed by atoms with E-state index < -0.39 is 0 Å². The van der Waals surface area contributed by atoms with Crippen LogP contribution in [-0.4, -0.2) is 16.2 Å². The first-order chi connectivity index (χ1) is 8.69. The van der Waals surface area contributed by atoms with Crippen molar-refractivity contribution in [2.45, 2.75) is 32.2 Å². The highest BCUT2D eigenvalue weighted by molar-refractivity contribution is 5.53. The van der Waals surface area contributed by atoms with E-state index in [1.807, 2.05) is 0 Å². The predicted molar refractivity (Wildman–Crippen MR) is 66.3 cm³/mol. The molecule has 0 amide bonds. The average molecular weight is 249 g/mol. The first-order valence-corrected chi connectivity index (χ1v) is 6.03. The molecule has 2 rings (SSSR count). The van der Waals surface area contributed by atoms with Gasteiger partial charge in [-0.2, -0.15) is 4.98 Å². The minimum absolute atomic E-state index is 0.0239. The zero-order valence-electron chi connectivity index (χ0n) is 10.3. The van der Waals surface area contributed by atoms with Crippen molar-refractivity contribution >= 4 is 0 Å². The number of benzene rings is 1. The van der Waals surface area contributed by atoms with Gasteiger partial charge in [-0.3, -0.25) is 0 Å². The Hall–Kier alpha value is -1.75. The van der Waals surface area contributed by atoms with Crippen LogP contribution in [0.4, 0.5) is 4.39 Å². The van der Waals surface area contributed by atoms with Crippen molar-refractivity contribution in [1.82, 2.24) is 10.1 Å². The van der Waals surface area contributed by atoms with E-state index in [1.165, 1.54) is 12.1 Å². The van der Waals surface area contributed by atoms with Crippen LogP contribution in [0.2, 0.25) is 0 Å². The molecule has 1 unspecified atom stereocenters. The summed E-state index contributed by atoms with van der Waals surface area (Å²) in [5.74, 6) is 0.574. The standard InChI is InChI=1S/C13H16FN3O/c1-2-4-11(15)8-12-16-13(17-18-12)9-5-3-6-10(14)7-9/h3,5-7,11H,2,4,8,15H2,1H3. The summed E-state index contributed by atoms with van der Waals surface area (Å²) in [7, 11) is 0. The Morgan fingerprint density at radius 1 is 1.44 bits per heavy atom. The summed E-state index contributed by atoms with van der Waals surface area (Å²) < 4.78 is 18.2. The number of halogens is 1. The molecule has 96 valence electrons. The van der Waals surface area contributed by atoms with Gasteiger partial charge in [0.15, 0.2) is 0 Å². The molecule has 4 nitrogen and oxygen atoms in total. The molecule has 1 aromatic carbocycles. The number of aromatic nitrogens is 2. The maximum atomic E-state index is 13.1. The molecule has 0 aliphatic rings. The summed E-state index contributed by atoms with van der Waals surface area (Å²) in [5.41, 5.74) is 6.51. The fourth-order valence-electron chi connectivity index (χ4n) is 1.78. The molecular weight excluding hydrogens is 233 g/mol. The number of rotatable bonds is 5. The zero-order valence-corrected chi connectivity index (χ0v) is 10.3. The highest BCUT2D eigenvalue weighted by Crippen LogP contribution is 2.17. The van der Waals surface area contributed by atoms with Crippen molar-refractivity contribution in [3.8, 4) is 11.4 Å². The van der Waals surface area contributed by atoms with Crippen LogP contribution in [0, 0.1) is 5.82 Å². The topological polar surface area (TPSA) is 64.9 Å². The van der Waals surface area contributed by atoms with E-state index in [4.69, 9.17) is 10.3 Å².